The molecule has 1 atom stereocenters. The van der Waals surface area contributed by atoms with Crippen molar-refractivity contribution < 1.29 is 5.11 Å². The molecule has 18 heavy (non-hydrogen) atoms. The summed E-state index contributed by atoms with van der Waals surface area (Å²) < 4.78 is 0. The predicted molar refractivity (Wildman–Crippen MR) is 76.9 cm³/mol. The molecular weight excluding hydrogens is 226 g/mol. The molecule has 1 unspecified atom stereocenters. The third-order valence-electron chi connectivity index (χ3n) is 4.17. The predicted octanol–water partition coefficient (Wildman–Crippen LogP) is 0.574. The van der Waals surface area contributed by atoms with Crippen LogP contribution >= 0.6 is 0 Å². The van der Waals surface area contributed by atoms with Crippen LogP contribution in [0.2, 0.25) is 0 Å². The number of piperazine rings is 1. The maximum Gasteiger partial charge on any atom is 0.0496 e. The Kier molecular flexibility index (Phi) is 6.57. The van der Waals surface area contributed by atoms with Gasteiger partial charge in [0.25, 0.3) is 0 Å². The number of likely N-dealkylation sites (N-methyl/N-ethyl adjacent to an activating group) is 1. The van der Waals surface area contributed by atoms with Crippen LogP contribution in [0.5, 0.6) is 0 Å². The standard InChI is InChI=1S/C14H31N3O/c1-5-14(2,13-18)12-17-10-8-16(9-11-17)7-6-15(3)4/h18H,5-13H2,1-4H3. The first kappa shape index (κ1) is 15.9. The van der Waals surface area contributed by atoms with E-state index in [0.29, 0.717) is 6.61 Å². The van der Waals surface area contributed by atoms with Crippen molar-refractivity contribution in [3.8, 4) is 0 Å². The van der Waals surface area contributed by atoms with E-state index in [-0.39, 0.29) is 5.41 Å². The van der Waals surface area contributed by atoms with Gasteiger partial charge in [-0.15, -0.1) is 0 Å². The summed E-state index contributed by atoms with van der Waals surface area (Å²) in [6, 6.07) is 0. The van der Waals surface area contributed by atoms with Crippen molar-refractivity contribution in [2.75, 3.05) is 66.5 Å². The Morgan fingerprint density at radius 3 is 2.11 bits per heavy atom. The van der Waals surface area contributed by atoms with Crippen molar-refractivity contribution in [2.24, 2.45) is 5.41 Å². The molecule has 0 aromatic carbocycles. The highest BCUT2D eigenvalue weighted by Gasteiger charge is 2.26. The second kappa shape index (κ2) is 7.43. The Balaban J connectivity index is 2.26. The molecule has 0 radical (unpaired) electrons. The highest BCUT2D eigenvalue weighted by Crippen LogP contribution is 2.22. The topological polar surface area (TPSA) is 30.0 Å². The van der Waals surface area contributed by atoms with Gasteiger partial charge in [-0.1, -0.05) is 13.8 Å². The highest BCUT2D eigenvalue weighted by molar-refractivity contribution is 4.80. The van der Waals surface area contributed by atoms with Crippen molar-refractivity contribution in [2.45, 2.75) is 20.3 Å². The van der Waals surface area contributed by atoms with Gasteiger partial charge in [-0.3, -0.25) is 4.90 Å². The van der Waals surface area contributed by atoms with E-state index < -0.39 is 0 Å². The van der Waals surface area contributed by atoms with Gasteiger partial charge in [0.2, 0.25) is 0 Å². The molecule has 1 N–H and O–H groups in total. The lowest BCUT2D eigenvalue weighted by Crippen LogP contribution is -2.51. The number of aliphatic hydroxyl groups is 1. The second-order valence-corrected chi connectivity index (χ2v) is 6.24. The Morgan fingerprint density at radius 1 is 1.11 bits per heavy atom. The SMILES string of the molecule is CCC(C)(CO)CN1CCN(CCN(C)C)CC1. The largest absolute Gasteiger partial charge is 0.396 e. The van der Waals surface area contributed by atoms with Gasteiger partial charge in [-0.2, -0.15) is 0 Å². The van der Waals surface area contributed by atoms with Gasteiger partial charge in [0.05, 0.1) is 0 Å². The van der Waals surface area contributed by atoms with E-state index in [1.54, 1.807) is 0 Å². The Hall–Kier alpha value is -0.160. The first-order chi connectivity index (χ1) is 8.49. The van der Waals surface area contributed by atoms with Crippen molar-refractivity contribution in [1.29, 1.82) is 0 Å². The summed E-state index contributed by atoms with van der Waals surface area (Å²) in [6.07, 6.45) is 1.05. The van der Waals surface area contributed by atoms with E-state index in [9.17, 15) is 5.11 Å². The van der Waals surface area contributed by atoms with E-state index in [1.807, 2.05) is 0 Å². The van der Waals surface area contributed by atoms with Gasteiger partial charge < -0.3 is 14.9 Å². The summed E-state index contributed by atoms with van der Waals surface area (Å²) in [4.78, 5) is 7.29. The van der Waals surface area contributed by atoms with E-state index in [2.05, 4.69) is 42.6 Å². The average molecular weight is 257 g/mol. The summed E-state index contributed by atoms with van der Waals surface area (Å²) in [7, 11) is 4.26. The Labute approximate surface area is 113 Å². The summed E-state index contributed by atoms with van der Waals surface area (Å²) in [5.41, 5.74) is 0.0752. The molecule has 4 heteroatoms. The molecule has 4 nitrogen and oxygen atoms in total. The zero-order chi connectivity index (χ0) is 13.6. The van der Waals surface area contributed by atoms with Crippen LogP contribution in [0.3, 0.4) is 0 Å². The second-order valence-electron chi connectivity index (χ2n) is 6.24. The normalized spacial score (nSPS) is 22.3. The van der Waals surface area contributed by atoms with Gasteiger partial charge in [-0.05, 0) is 20.5 Å². The molecule has 1 aliphatic rings. The van der Waals surface area contributed by atoms with Gasteiger partial charge in [0.15, 0.2) is 0 Å². The minimum Gasteiger partial charge on any atom is -0.396 e. The zero-order valence-corrected chi connectivity index (χ0v) is 12.7. The van der Waals surface area contributed by atoms with Gasteiger partial charge in [0, 0.05) is 57.8 Å². The van der Waals surface area contributed by atoms with Gasteiger partial charge >= 0.3 is 0 Å². The molecule has 108 valence electrons. The number of rotatable bonds is 7. The lowest BCUT2D eigenvalue weighted by Gasteiger charge is -2.39. The molecule has 1 fully saturated rings. The average Bonchev–Trinajstić information content (AvgIpc) is 2.37. The van der Waals surface area contributed by atoms with E-state index in [4.69, 9.17) is 0 Å². The number of hydrogen-bond acceptors (Lipinski definition) is 4. The molecule has 1 rings (SSSR count). The number of hydrogen-bond donors (Lipinski definition) is 1. The maximum absolute atomic E-state index is 9.47. The van der Waals surface area contributed by atoms with Crippen LogP contribution in [0.15, 0.2) is 0 Å². The van der Waals surface area contributed by atoms with Crippen LogP contribution in [0, 0.1) is 5.41 Å². The minimum atomic E-state index is 0.0752. The van der Waals surface area contributed by atoms with E-state index >= 15 is 0 Å². The molecule has 1 saturated heterocycles. The molecule has 0 spiro atoms. The Morgan fingerprint density at radius 2 is 1.67 bits per heavy atom. The fourth-order valence-electron chi connectivity index (χ4n) is 2.33. The smallest absolute Gasteiger partial charge is 0.0496 e. The summed E-state index contributed by atoms with van der Waals surface area (Å²) in [6.45, 7) is 12.6. The third kappa shape index (κ3) is 5.22. The van der Waals surface area contributed by atoms with Crippen LogP contribution < -0.4 is 0 Å². The summed E-state index contributed by atoms with van der Waals surface area (Å²) in [5, 5.41) is 9.47. The quantitative estimate of drug-likeness (QED) is 0.722. The molecule has 0 amide bonds. The first-order valence-electron chi connectivity index (χ1n) is 7.19. The molecular formula is C14H31N3O. The molecule has 0 aromatic heterocycles. The monoisotopic (exact) mass is 257 g/mol. The van der Waals surface area contributed by atoms with E-state index in [0.717, 1.165) is 32.6 Å². The molecule has 0 bridgehead atoms. The first-order valence-corrected chi connectivity index (χ1v) is 7.19. The lowest BCUT2D eigenvalue weighted by molar-refractivity contribution is 0.0527. The van der Waals surface area contributed by atoms with Gasteiger partial charge in [-0.25, -0.2) is 0 Å². The Bertz CT molecular complexity index is 221. The third-order valence-corrected chi connectivity index (χ3v) is 4.17. The molecule has 0 aromatic rings. The molecule has 0 aliphatic carbocycles. The van der Waals surface area contributed by atoms with E-state index in [1.165, 1.54) is 19.6 Å². The maximum atomic E-state index is 9.47. The van der Waals surface area contributed by atoms with Crippen LogP contribution in [0.1, 0.15) is 20.3 Å². The summed E-state index contributed by atoms with van der Waals surface area (Å²) in [5.74, 6) is 0. The molecule has 1 heterocycles. The van der Waals surface area contributed by atoms with Crippen molar-refractivity contribution in [1.82, 2.24) is 14.7 Å². The van der Waals surface area contributed by atoms with Crippen LogP contribution in [0.25, 0.3) is 0 Å². The number of aliphatic hydroxyl groups excluding tert-OH is 1. The van der Waals surface area contributed by atoms with Crippen LogP contribution in [-0.4, -0.2) is 86.3 Å². The van der Waals surface area contributed by atoms with Crippen LogP contribution in [0.4, 0.5) is 0 Å². The van der Waals surface area contributed by atoms with Crippen molar-refractivity contribution >= 4 is 0 Å². The van der Waals surface area contributed by atoms with Crippen molar-refractivity contribution in [3.63, 3.8) is 0 Å². The van der Waals surface area contributed by atoms with Gasteiger partial charge in [0.1, 0.15) is 0 Å². The zero-order valence-electron chi connectivity index (χ0n) is 12.7. The highest BCUT2D eigenvalue weighted by atomic mass is 16.3. The van der Waals surface area contributed by atoms with Crippen LogP contribution in [-0.2, 0) is 0 Å². The van der Waals surface area contributed by atoms with Crippen molar-refractivity contribution in [3.05, 3.63) is 0 Å². The minimum absolute atomic E-state index is 0.0752. The fraction of sp³-hybridized carbons (Fsp3) is 1.00. The molecule has 0 saturated carbocycles. The fourth-order valence-corrected chi connectivity index (χ4v) is 2.33. The summed E-state index contributed by atoms with van der Waals surface area (Å²) >= 11 is 0. The number of nitrogens with zero attached hydrogens (tertiary/aromatic N) is 3. The lowest BCUT2D eigenvalue weighted by atomic mass is 9.88. The molecule has 1 aliphatic heterocycles.